The monoisotopic (exact) mass is 327 g/mol. The van der Waals surface area contributed by atoms with Crippen molar-refractivity contribution >= 4 is 15.9 Å². The van der Waals surface area contributed by atoms with Gasteiger partial charge in [-0.1, -0.05) is 22.0 Å². The maximum atomic E-state index is 13.0. The Kier molecular flexibility index (Phi) is 4.17. The van der Waals surface area contributed by atoms with E-state index >= 15 is 0 Å². The zero-order valence-corrected chi connectivity index (χ0v) is 11.7. The van der Waals surface area contributed by atoms with Crippen LogP contribution in [-0.4, -0.2) is 0 Å². The number of hydrogen-bond donors (Lipinski definition) is 1. The minimum Gasteiger partial charge on any atom is -0.457 e. The molecule has 2 rings (SSSR count). The van der Waals surface area contributed by atoms with Gasteiger partial charge in [0.1, 0.15) is 23.1 Å². The summed E-state index contributed by atoms with van der Waals surface area (Å²) in [5.41, 5.74) is 6.72. The number of halogens is 3. The summed E-state index contributed by atoms with van der Waals surface area (Å²) in [5, 5.41) is 0. The number of ether oxygens (including phenoxy) is 1. The molecule has 0 aromatic heterocycles. The van der Waals surface area contributed by atoms with Gasteiger partial charge >= 0.3 is 0 Å². The highest BCUT2D eigenvalue weighted by molar-refractivity contribution is 9.10. The van der Waals surface area contributed by atoms with Gasteiger partial charge in [-0.15, -0.1) is 0 Å². The highest BCUT2D eigenvalue weighted by Crippen LogP contribution is 2.30. The molecular weight excluding hydrogens is 316 g/mol. The molecule has 1 atom stereocenters. The van der Waals surface area contributed by atoms with Crippen molar-refractivity contribution < 1.29 is 13.5 Å². The summed E-state index contributed by atoms with van der Waals surface area (Å²) in [4.78, 5) is 0. The van der Waals surface area contributed by atoms with E-state index in [0.717, 1.165) is 28.2 Å². The predicted octanol–water partition coefficient (Wildman–Crippen LogP) is 4.54. The Morgan fingerprint density at radius 3 is 2.21 bits per heavy atom. The topological polar surface area (TPSA) is 35.2 Å². The van der Waals surface area contributed by atoms with Gasteiger partial charge in [-0.25, -0.2) is 8.78 Å². The molecule has 0 saturated heterocycles. The van der Waals surface area contributed by atoms with Crippen LogP contribution in [-0.2, 0) is 0 Å². The SMILES string of the molecule is C[C@H](N)c1ccc(Oc2cc(F)cc(F)c2)cc1Br. The number of rotatable bonds is 3. The van der Waals surface area contributed by atoms with Crippen molar-refractivity contribution in [2.75, 3.05) is 0 Å². The zero-order valence-electron chi connectivity index (χ0n) is 10.2. The summed E-state index contributed by atoms with van der Waals surface area (Å²) in [6.07, 6.45) is 0. The Bertz CT molecular complexity index is 582. The van der Waals surface area contributed by atoms with Crippen molar-refractivity contribution in [1.82, 2.24) is 0 Å². The largest absolute Gasteiger partial charge is 0.457 e. The van der Waals surface area contributed by atoms with E-state index in [-0.39, 0.29) is 11.8 Å². The third-order valence-corrected chi connectivity index (χ3v) is 3.22. The molecule has 0 fully saturated rings. The molecule has 0 aliphatic rings. The summed E-state index contributed by atoms with van der Waals surface area (Å²) in [5.74, 6) is -0.776. The average Bonchev–Trinajstić information content (AvgIpc) is 2.26. The molecule has 0 saturated carbocycles. The molecule has 5 heteroatoms. The van der Waals surface area contributed by atoms with Gasteiger partial charge in [0.25, 0.3) is 0 Å². The Labute approximate surface area is 118 Å². The highest BCUT2D eigenvalue weighted by Gasteiger charge is 2.08. The van der Waals surface area contributed by atoms with Crippen LogP contribution in [0.5, 0.6) is 11.5 Å². The first-order valence-electron chi connectivity index (χ1n) is 5.64. The van der Waals surface area contributed by atoms with E-state index in [1.165, 1.54) is 0 Å². The molecular formula is C14H12BrF2NO. The van der Waals surface area contributed by atoms with Crippen molar-refractivity contribution in [2.24, 2.45) is 5.73 Å². The minimum atomic E-state index is -0.679. The first-order valence-corrected chi connectivity index (χ1v) is 6.44. The van der Waals surface area contributed by atoms with Gasteiger partial charge in [0.2, 0.25) is 0 Å². The lowest BCUT2D eigenvalue weighted by Gasteiger charge is -2.11. The first kappa shape index (κ1) is 14.0. The van der Waals surface area contributed by atoms with Crippen LogP contribution in [0.15, 0.2) is 40.9 Å². The summed E-state index contributed by atoms with van der Waals surface area (Å²) in [6.45, 7) is 1.86. The van der Waals surface area contributed by atoms with Gasteiger partial charge in [0, 0.05) is 28.7 Å². The van der Waals surface area contributed by atoms with E-state index in [0.29, 0.717) is 5.75 Å². The van der Waals surface area contributed by atoms with Gasteiger partial charge in [-0.3, -0.25) is 0 Å². The van der Waals surface area contributed by atoms with Crippen LogP contribution in [0.25, 0.3) is 0 Å². The van der Waals surface area contributed by atoms with Crippen LogP contribution >= 0.6 is 15.9 Å². The molecule has 2 nitrogen and oxygen atoms in total. The van der Waals surface area contributed by atoms with Crippen molar-refractivity contribution in [3.8, 4) is 11.5 Å². The van der Waals surface area contributed by atoms with Crippen molar-refractivity contribution in [2.45, 2.75) is 13.0 Å². The van der Waals surface area contributed by atoms with E-state index in [9.17, 15) is 8.78 Å². The first-order chi connectivity index (χ1) is 8.95. The molecule has 19 heavy (non-hydrogen) atoms. The summed E-state index contributed by atoms with van der Waals surface area (Å²) >= 11 is 3.38. The summed E-state index contributed by atoms with van der Waals surface area (Å²) in [6, 6.07) is 8.14. The van der Waals surface area contributed by atoms with Crippen molar-refractivity contribution in [3.05, 3.63) is 58.1 Å². The van der Waals surface area contributed by atoms with Crippen LogP contribution in [0.1, 0.15) is 18.5 Å². The maximum Gasteiger partial charge on any atom is 0.133 e. The van der Waals surface area contributed by atoms with Crippen LogP contribution in [0.4, 0.5) is 8.78 Å². The van der Waals surface area contributed by atoms with Gasteiger partial charge in [0.05, 0.1) is 0 Å². The number of benzene rings is 2. The van der Waals surface area contributed by atoms with Gasteiger partial charge < -0.3 is 10.5 Å². The molecule has 0 aliphatic heterocycles. The molecule has 0 bridgehead atoms. The van der Waals surface area contributed by atoms with Crippen molar-refractivity contribution in [3.63, 3.8) is 0 Å². The van der Waals surface area contributed by atoms with E-state index in [1.807, 2.05) is 6.92 Å². The second-order valence-electron chi connectivity index (χ2n) is 4.18. The fraction of sp³-hybridized carbons (Fsp3) is 0.143. The van der Waals surface area contributed by atoms with E-state index in [4.69, 9.17) is 10.5 Å². The molecule has 0 amide bonds. The Balaban J connectivity index is 2.26. The highest BCUT2D eigenvalue weighted by atomic mass is 79.9. The molecule has 2 aromatic carbocycles. The standard InChI is InChI=1S/C14H12BrF2NO/c1-8(18)13-3-2-11(7-14(13)15)19-12-5-9(16)4-10(17)6-12/h2-8H,18H2,1H3/t8-/m0/s1. The summed E-state index contributed by atoms with van der Waals surface area (Å²) in [7, 11) is 0. The van der Waals surface area contributed by atoms with Crippen molar-refractivity contribution in [1.29, 1.82) is 0 Å². The van der Waals surface area contributed by atoms with E-state index < -0.39 is 11.6 Å². The van der Waals surface area contributed by atoms with Crippen LogP contribution in [0.3, 0.4) is 0 Å². The maximum absolute atomic E-state index is 13.0. The fourth-order valence-corrected chi connectivity index (χ4v) is 2.38. The lowest BCUT2D eigenvalue weighted by Crippen LogP contribution is -2.05. The molecule has 0 unspecified atom stereocenters. The third kappa shape index (κ3) is 3.52. The second kappa shape index (κ2) is 5.67. The van der Waals surface area contributed by atoms with Gasteiger partial charge in [0.15, 0.2) is 0 Å². The second-order valence-corrected chi connectivity index (χ2v) is 5.03. The number of nitrogens with two attached hydrogens (primary N) is 1. The lowest BCUT2D eigenvalue weighted by atomic mass is 10.1. The van der Waals surface area contributed by atoms with E-state index in [1.54, 1.807) is 18.2 Å². The normalized spacial score (nSPS) is 12.3. The summed E-state index contributed by atoms with van der Waals surface area (Å²) < 4.78 is 32.3. The van der Waals surface area contributed by atoms with Crippen LogP contribution in [0.2, 0.25) is 0 Å². The molecule has 2 aromatic rings. The average molecular weight is 328 g/mol. The van der Waals surface area contributed by atoms with Crippen LogP contribution < -0.4 is 10.5 Å². The molecule has 0 spiro atoms. The Hall–Kier alpha value is -1.46. The molecule has 0 heterocycles. The predicted molar refractivity (Wildman–Crippen MR) is 73.2 cm³/mol. The molecule has 100 valence electrons. The Morgan fingerprint density at radius 2 is 1.68 bits per heavy atom. The fourth-order valence-electron chi connectivity index (χ4n) is 1.66. The van der Waals surface area contributed by atoms with Gasteiger partial charge in [-0.2, -0.15) is 0 Å². The smallest absolute Gasteiger partial charge is 0.133 e. The molecule has 0 radical (unpaired) electrons. The molecule has 0 aliphatic carbocycles. The lowest BCUT2D eigenvalue weighted by molar-refractivity contribution is 0.467. The van der Waals surface area contributed by atoms with E-state index in [2.05, 4.69) is 15.9 Å². The molecule has 2 N–H and O–H groups in total. The Morgan fingerprint density at radius 1 is 1.05 bits per heavy atom. The zero-order chi connectivity index (χ0) is 14.0. The number of hydrogen-bond acceptors (Lipinski definition) is 2. The van der Waals surface area contributed by atoms with Crippen LogP contribution in [0, 0.1) is 11.6 Å². The minimum absolute atomic E-state index is 0.109. The van der Waals surface area contributed by atoms with Gasteiger partial charge in [-0.05, 0) is 24.6 Å². The third-order valence-electron chi connectivity index (χ3n) is 2.53. The quantitative estimate of drug-likeness (QED) is 0.898.